The van der Waals surface area contributed by atoms with Gasteiger partial charge in [-0.05, 0) is 69.7 Å². The number of hydrogen-bond donors (Lipinski definition) is 0. The number of carbonyl (C=O) groups excluding carboxylic acids is 1. The summed E-state index contributed by atoms with van der Waals surface area (Å²) in [5.41, 5.74) is 1.85. The highest BCUT2D eigenvalue weighted by Crippen LogP contribution is 2.40. The molecule has 0 bridgehead atoms. The normalized spacial score (nSPS) is 21.8. The Morgan fingerprint density at radius 2 is 1.73 bits per heavy atom. The Labute approximate surface area is 198 Å². The van der Waals surface area contributed by atoms with Crippen LogP contribution in [-0.2, 0) is 16.1 Å². The molecule has 1 saturated heterocycles. The Balaban J connectivity index is 1.59. The van der Waals surface area contributed by atoms with E-state index in [0.29, 0.717) is 6.54 Å². The molecule has 2 aromatic carbocycles. The minimum absolute atomic E-state index is 0.0420. The molecule has 2 aromatic rings. The van der Waals surface area contributed by atoms with Crippen molar-refractivity contribution in [2.75, 3.05) is 20.2 Å². The molecule has 2 atom stereocenters. The molecule has 33 heavy (non-hydrogen) atoms. The van der Waals surface area contributed by atoms with Crippen LogP contribution in [0.1, 0.15) is 63.5 Å². The second-order valence-electron chi connectivity index (χ2n) is 10.4. The van der Waals surface area contributed by atoms with Gasteiger partial charge in [0.05, 0.1) is 19.1 Å². The third-order valence-corrected chi connectivity index (χ3v) is 6.57. The van der Waals surface area contributed by atoms with Gasteiger partial charge in [0.2, 0.25) is 0 Å². The largest absolute Gasteiger partial charge is 0.493 e. The van der Waals surface area contributed by atoms with Crippen LogP contribution in [0.25, 0.3) is 0 Å². The van der Waals surface area contributed by atoms with Crippen molar-refractivity contribution in [2.45, 2.75) is 70.6 Å². The van der Waals surface area contributed by atoms with Crippen molar-refractivity contribution in [3.05, 3.63) is 59.7 Å². The van der Waals surface area contributed by atoms with Gasteiger partial charge in [-0.3, -0.25) is 9.69 Å². The molecule has 0 spiro atoms. The van der Waals surface area contributed by atoms with Crippen LogP contribution in [0.15, 0.2) is 48.5 Å². The monoisotopic (exact) mass is 451 g/mol. The fourth-order valence-corrected chi connectivity index (χ4v) is 5.01. The smallest absolute Gasteiger partial charge is 0.311 e. The van der Waals surface area contributed by atoms with Crippen molar-refractivity contribution in [3.63, 3.8) is 0 Å². The highest BCUT2D eigenvalue weighted by Gasteiger charge is 2.41. The maximum atomic E-state index is 13.2. The molecule has 0 radical (unpaired) electrons. The van der Waals surface area contributed by atoms with Crippen molar-refractivity contribution in [1.29, 1.82) is 0 Å². The van der Waals surface area contributed by atoms with E-state index in [4.69, 9.17) is 14.2 Å². The summed E-state index contributed by atoms with van der Waals surface area (Å²) in [5, 5.41) is 0. The third-order valence-electron chi connectivity index (χ3n) is 6.57. The standard InChI is InChI=1S/C28H37NO4/c1-28(2,3)33-27(30)24-19-29(17-20-10-6-5-7-11-20)18-23(24)21-14-15-25(31-4)26(16-21)32-22-12-8-9-13-22/h5-7,10-11,14-16,22-24H,8-9,12-13,17-19H2,1-4H3/t23-,24+/m0/s1. The summed E-state index contributed by atoms with van der Waals surface area (Å²) < 4.78 is 17.8. The average molecular weight is 452 g/mol. The first-order valence-corrected chi connectivity index (χ1v) is 12.2. The predicted molar refractivity (Wildman–Crippen MR) is 130 cm³/mol. The minimum atomic E-state index is -0.509. The summed E-state index contributed by atoms with van der Waals surface area (Å²) in [7, 11) is 1.68. The first-order valence-electron chi connectivity index (χ1n) is 12.2. The lowest BCUT2D eigenvalue weighted by Gasteiger charge is -2.25. The van der Waals surface area contributed by atoms with Gasteiger partial charge in [0, 0.05) is 25.6 Å². The van der Waals surface area contributed by atoms with Crippen molar-refractivity contribution >= 4 is 5.97 Å². The predicted octanol–water partition coefficient (Wildman–Crippen LogP) is 5.57. The molecule has 0 unspecified atom stereocenters. The lowest BCUT2D eigenvalue weighted by molar-refractivity contribution is -0.160. The van der Waals surface area contributed by atoms with Gasteiger partial charge in [-0.25, -0.2) is 0 Å². The maximum absolute atomic E-state index is 13.2. The molecule has 0 N–H and O–H groups in total. The lowest BCUT2D eigenvalue weighted by Crippen LogP contribution is -2.32. The van der Waals surface area contributed by atoms with Crippen LogP contribution in [-0.4, -0.2) is 42.8 Å². The number of ether oxygens (including phenoxy) is 3. The maximum Gasteiger partial charge on any atom is 0.311 e. The highest BCUT2D eigenvalue weighted by atomic mass is 16.6. The third kappa shape index (κ3) is 6.08. The van der Waals surface area contributed by atoms with Crippen molar-refractivity contribution < 1.29 is 19.0 Å². The first-order chi connectivity index (χ1) is 15.8. The summed E-state index contributed by atoms with van der Waals surface area (Å²) in [6.07, 6.45) is 4.84. The molecule has 1 aliphatic heterocycles. The van der Waals surface area contributed by atoms with Crippen LogP contribution in [0.5, 0.6) is 11.5 Å². The number of hydrogen-bond acceptors (Lipinski definition) is 5. The molecule has 0 aromatic heterocycles. The quantitative estimate of drug-likeness (QED) is 0.515. The fourth-order valence-electron chi connectivity index (χ4n) is 5.01. The van der Waals surface area contributed by atoms with Gasteiger partial charge in [0.15, 0.2) is 11.5 Å². The lowest BCUT2D eigenvalue weighted by atomic mass is 9.88. The van der Waals surface area contributed by atoms with Crippen LogP contribution in [0.2, 0.25) is 0 Å². The van der Waals surface area contributed by atoms with E-state index in [1.54, 1.807) is 7.11 Å². The topological polar surface area (TPSA) is 48.0 Å². The van der Waals surface area contributed by atoms with Gasteiger partial charge in [-0.15, -0.1) is 0 Å². The summed E-state index contributed by atoms with van der Waals surface area (Å²) in [6, 6.07) is 16.6. The van der Waals surface area contributed by atoms with E-state index in [1.165, 1.54) is 18.4 Å². The van der Waals surface area contributed by atoms with E-state index >= 15 is 0 Å². The van der Waals surface area contributed by atoms with Crippen molar-refractivity contribution in [2.24, 2.45) is 5.92 Å². The molecule has 5 heteroatoms. The van der Waals surface area contributed by atoms with Crippen molar-refractivity contribution in [3.8, 4) is 11.5 Å². The molecule has 1 heterocycles. The molecular weight excluding hydrogens is 414 g/mol. The molecule has 178 valence electrons. The van der Waals surface area contributed by atoms with E-state index in [2.05, 4.69) is 41.3 Å². The number of likely N-dealkylation sites (tertiary alicyclic amines) is 1. The van der Waals surface area contributed by atoms with Crippen LogP contribution < -0.4 is 9.47 Å². The summed E-state index contributed by atoms with van der Waals surface area (Å²) in [5.74, 6) is 1.23. The average Bonchev–Trinajstić information content (AvgIpc) is 3.43. The second kappa shape index (κ2) is 10.2. The number of carbonyl (C=O) groups is 1. The van der Waals surface area contributed by atoms with Crippen LogP contribution in [0.4, 0.5) is 0 Å². The number of nitrogens with zero attached hydrogens (tertiary/aromatic N) is 1. The molecule has 2 aliphatic rings. The van der Waals surface area contributed by atoms with E-state index in [0.717, 1.165) is 43.0 Å². The first kappa shape index (κ1) is 23.6. The Morgan fingerprint density at radius 3 is 2.39 bits per heavy atom. The highest BCUT2D eigenvalue weighted by molar-refractivity contribution is 5.75. The molecule has 2 fully saturated rings. The minimum Gasteiger partial charge on any atom is -0.493 e. The summed E-state index contributed by atoms with van der Waals surface area (Å²) >= 11 is 0. The van der Waals surface area contributed by atoms with E-state index in [9.17, 15) is 4.79 Å². The van der Waals surface area contributed by atoms with Crippen LogP contribution in [0, 0.1) is 5.92 Å². The van der Waals surface area contributed by atoms with E-state index < -0.39 is 5.60 Å². The zero-order valence-electron chi connectivity index (χ0n) is 20.4. The molecule has 0 amide bonds. The second-order valence-corrected chi connectivity index (χ2v) is 10.4. The number of rotatable bonds is 7. The fraction of sp³-hybridized carbons (Fsp3) is 0.536. The van der Waals surface area contributed by atoms with E-state index in [1.807, 2.05) is 32.9 Å². The van der Waals surface area contributed by atoms with Gasteiger partial charge < -0.3 is 14.2 Å². The molecule has 4 rings (SSSR count). The molecule has 1 saturated carbocycles. The molecule has 5 nitrogen and oxygen atoms in total. The zero-order chi connectivity index (χ0) is 23.4. The summed E-state index contributed by atoms with van der Waals surface area (Å²) in [6.45, 7) is 8.08. The Bertz CT molecular complexity index is 931. The number of benzene rings is 2. The Morgan fingerprint density at radius 1 is 1.00 bits per heavy atom. The van der Waals surface area contributed by atoms with E-state index in [-0.39, 0.29) is 23.9 Å². The Kier molecular flexibility index (Phi) is 7.28. The van der Waals surface area contributed by atoms with Gasteiger partial charge in [0.25, 0.3) is 0 Å². The molecule has 1 aliphatic carbocycles. The van der Waals surface area contributed by atoms with Gasteiger partial charge >= 0.3 is 5.97 Å². The molecular formula is C28H37NO4. The Hall–Kier alpha value is -2.53. The number of methoxy groups -OCH3 is 1. The number of esters is 1. The van der Waals surface area contributed by atoms with Gasteiger partial charge in [0.1, 0.15) is 5.60 Å². The van der Waals surface area contributed by atoms with Crippen LogP contribution >= 0.6 is 0 Å². The SMILES string of the molecule is COc1ccc([C@@H]2CN(Cc3ccccc3)C[C@H]2C(=O)OC(C)(C)C)cc1OC1CCCC1. The van der Waals surface area contributed by atoms with Crippen LogP contribution in [0.3, 0.4) is 0 Å². The summed E-state index contributed by atoms with van der Waals surface area (Å²) in [4.78, 5) is 15.6. The van der Waals surface area contributed by atoms with Gasteiger partial charge in [-0.2, -0.15) is 0 Å². The van der Waals surface area contributed by atoms with Gasteiger partial charge in [-0.1, -0.05) is 36.4 Å². The zero-order valence-corrected chi connectivity index (χ0v) is 20.4. The van der Waals surface area contributed by atoms with Crippen molar-refractivity contribution in [1.82, 2.24) is 4.90 Å².